The summed E-state index contributed by atoms with van der Waals surface area (Å²) in [7, 11) is 1.73. The molecule has 0 fully saturated rings. The van der Waals surface area contributed by atoms with Crippen LogP contribution in [0.5, 0.6) is 5.75 Å². The predicted molar refractivity (Wildman–Crippen MR) is 120 cm³/mol. The van der Waals surface area contributed by atoms with E-state index in [0.717, 1.165) is 18.8 Å². The molecule has 0 amide bonds. The summed E-state index contributed by atoms with van der Waals surface area (Å²) in [6, 6.07) is 28.0. The highest BCUT2D eigenvalue weighted by molar-refractivity contribution is 5.85. The third-order valence-electron chi connectivity index (χ3n) is 5.10. The number of rotatable bonds is 5. The molecular weight excluding hydrogens is 391 g/mol. The van der Waals surface area contributed by atoms with E-state index in [0.29, 0.717) is 0 Å². The van der Waals surface area contributed by atoms with Crippen molar-refractivity contribution in [1.82, 2.24) is 10.6 Å². The summed E-state index contributed by atoms with van der Waals surface area (Å²) in [6.07, 6.45) is 0. The van der Waals surface area contributed by atoms with Crippen LogP contribution in [0.3, 0.4) is 0 Å². The van der Waals surface area contributed by atoms with Crippen molar-refractivity contribution >= 4 is 24.8 Å². The summed E-state index contributed by atoms with van der Waals surface area (Å²) < 4.78 is 5.51. The monoisotopic (exact) mass is 416 g/mol. The molecule has 0 saturated heterocycles. The van der Waals surface area contributed by atoms with Crippen molar-refractivity contribution in [2.75, 3.05) is 7.11 Å². The summed E-state index contributed by atoms with van der Waals surface area (Å²) in [5.41, 5.74) is 5.21. The summed E-state index contributed by atoms with van der Waals surface area (Å²) in [6.45, 7) is 1.65. The summed E-state index contributed by atoms with van der Waals surface area (Å²) in [5.74, 6) is 0.924. The van der Waals surface area contributed by atoms with Crippen LogP contribution in [0.15, 0.2) is 78.9 Å². The molecule has 3 nitrogen and oxygen atoms in total. The Morgan fingerprint density at radius 2 is 1.57 bits per heavy atom. The van der Waals surface area contributed by atoms with E-state index < -0.39 is 0 Å². The van der Waals surface area contributed by atoms with Gasteiger partial charge in [-0.25, -0.2) is 0 Å². The van der Waals surface area contributed by atoms with E-state index in [2.05, 4.69) is 77.4 Å². The first-order valence-corrected chi connectivity index (χ1v) is 9.08. The van der Waals surface area contributed by atoms with E-state index in [9.17, 15) is 0 Å². The third kappa shape index (κ3) is 4.68. The molecule has 0 aliphatic carbocycles. The van der Waals surface area contributed by atoms with Crippen LogP contribution in [-0.2, 0) is 13.1 Å². The van der Waals surface area contributed by atoms with E-state index in [1.54, 1.807) is 7.11 Å². The molecule has 28 heavy (non-hydrogen) atoms. The second-order valence-corrected chi connectivity index (χ2v) is 6.64. The zero-order valence-corrected chi connectivity index (χ0v) is 17.4. The average Bonchev–Trinajstić information content (AvgIpc) is 2.72. The van der Waals surface area contributed by atoms with Crippen LogP contribution in [-0.4, -0.2) is 7.11 Å². The fraction of sp³-hybridized carbons (Fsp3) is 0.217. The highest BCUT2D eigenvalue weighted by atomic mass is 35.5. The second-order valence-electron chi connectivity index (χ2n) is 6.64. The minimum atomic E-state index is 0. The molecule has 1 aliphatic rings. The number of nitrogens with one attached hydrogen (secondary N) is 2. The van der Waals surface area contributed by atoms with Crippen LogP contribution in [0.1, 0.15) is 34.3 Å². The standard InChI is InChI=1S/C23H24N2O.2ClH/c1-26-21-14-8-6-12-19(21)16-25-23-20-13-7-5-11-18(20)15-24-22(23)17-9-3-2-4-10-17;;/h2-14,22-25H,15-16H2,1H3;2*1H/t22-,23+;;/m1../s1. The normalized spacial score (nSPS) is 17.6. The first-order valence-electron chi connectivity index (χ1n) is 9.08. The van der Waals surface area contributed by atoms with E-state index in [1.807, 2.05) is 12.1 Å². The third-order valence-corrected chi connectivity index (χ3v) is 5.10. The van der Waals surface area contributed by atoms with Gasteiger partial charge < -0.3 is 15.4 Å². The number of para-hydroxylation sites is 1. The SMILES string of the molecule is COc1ccccc1CN[C@H]1c2ccccc2CN[C@@H]1c1ccccc1.Cl.Cl. The highest BCUT2D eigenvalue weighted by Crippen LogP contribution is 2.35. The lowest BCUT2D eigenvalue weighted by molar-refractivity contribution is 0.351. The quantitative estimate of drug-likeness (QED) is 0.598. The van der Waals surface area contributed by atoms with Crippen molar-refractivity contribution in [3.05, 3.63) is 101 Å². The molecule has 0 saturated carbocycles. The number of hydrogen-bond acceptors (Lipinski definition) is 3. The molecule has 0 spiro atoms. The largest absolute Gasteiger partial charge is 0.496 e. The van der Waals surface area contributed by atoms with Gasteiger partial charge in [0, 0.05) is 18.7 Å². The van der Waals surface area contributed by atoms with Crippen molar-refractivity contribution in [1.29, 1.82) is 0 Å². The van der Waals surface area contributed by atoms with E-state index in [-0.39, 0.29) is 36.9 Å². The van der Waals surface area contributed by atoms with Crippen LogP contribution >= 0.6 is 24.8 Å². The minimum Gasteiger partial charge on any atom is -0.496 e. The van der Waals surface area contributed by atoms with Gasteiger partial charge in [-0.1, -0.05) is 72.8 Å². The van der Waals surface area contributed by atoms with Gasteiger partial charge in [0.25, 0.3) is 0 Å². The molecule has 2 atom stereocenters. The lowest BCUT2D eigenvalue weighted by Crippen LogP contribution is -2.39. The van der Waals surface area contributed by atoms with E-state index in [1.165, 1.54) is 22.3 Å². The Morgan fingerprint density at radius 1 is 0.893 bits per heavy atom. The van der Waals surface area contributed by atoms with Gasteiger partial charge in [0.2, 0.25) is 0 Å². The molecular formula is C23H26Cl2N2O. The van der Waals surface area contributed by atoms with Gasteiger partial charge in [-0.2, -0.15) is 0 Å². The predicted octanol–water partition coefficient (Wildman–Crippen LogP) is 5.21. The summed E-state index contributed by atoms with van der Waals surface area (Å²) >= 11 is 0. The van der Waals surface area contributed by atoms with Gasteiger partial charge in [0.05, 0.1) is 19.2 Å². The number of hydrogen-bond donors (Lipinski definition) is 2. The Morgan fingerprint density at radius 3 is 2.36 bits per heavy atom. The maximum Gasteiger partial charge on any atom is 0.123 e. The molecule has 5 heteroatoms. The van der Waals surface area contributed by atoms with Gasteiger partial charge in [-0.15, -0.1) is 24.8 Å². The zero-order valence-electron chi connectivity index (χ0n) is 15.8. The molecule has 0 unspecified atom stereocenters. The van der Waals surface area contributed by atoms with Crippen molar-refractivity contribution < 1.29 is 4.74 Å². The second kappa shape index (κ2) is 10.5. The molecule has 2 N–H and O–H groups in total. The first-order chi connectivity index (χ1) is 12.9. The minimum absolute atomic E-state index is 0. The molecule has 0 radical (unpaired) electrons. The number of ether oxygens (including phenoxy) is 1. The lowest BCUT2D eigenvalue weighted by atomic mass is 9.87. The topological polar surface area (TPSA) is 33.3 Å². The Kier molecular flexibility index (Phi) is 8.34. The van der Waals surface area contributed by atoms with Crippen molar-refractivity contribution in [2.24, 2.45) is 0 Å². The van der Waals surface area contributed by atoms with Crippen LogP contribution < -0.4 is 15.4 Å². The molecule has 148 valence electrons. The average molecular weight is 417 g/mol. The van der Waals surface area contributed by atoms with Gasteiger partial charge in [-0.05, 0) is 22.8 Å². The first kappa shape index (κ1) is 22.3. The smallest absolute Gasteiger partial charge is 0.123 e. The molecule has 1 aliphatic heterocycles. The van der Waals surface area contributed by atoms with Crippen molar-refractivity contribution in [3.63, 3.8) is 0 Å². The van der Waals surface area contributed by atoms with Gasteiger partial charge in [0.15, 0.2) is 0 Å². The number of fused-ring (bicyclic) bond motifs is 1. The van der Waals surface area contributed by atoms with Crippen LogP contribution in [0, 0.1) is 0 Å². The lowest BCUT2D eigenvalue weighted by Gasteiger charge is -2.36. The van der Waals surface area contributed by atoms with Crippen molar-refractivity contribution in [2.45, 2.75) is 25.2 Å². The van der Waals surface area contributed by atoms with Gasteiger partial charge >= 0.3 is 0 Å². The van der Waals surface area contributed by atoms with Crippen molar-refractivity contribution in [3.8, 4) is 5.75 Å². The molecule has 4 rings (SSSR count). The number of methoxy groups -OCH3 is 1. The molecule has 0 bridgehead atoms. The number of benzene rings is 3. The Bertz CT molecular complexity index is 873. The van der Waals surface area contributed by atoms with Gasteiger partial charge in [0.1, 0.15) is 5.75 Å². The fourth-order valence-corrected chi connectivity index (χ4v) is 3.78. The molecule has 1 heterocycles. The van der Waals surface area contributed by atoms with Crippen LogP contribution in [0.2, 0.25) is 0 Å². The Labute approximate surface area is 179 Å². The molecule has 0 aromatic heterocycles. The van der Waals surface area contributed by atoms with Crippen LogP contribution in [0.25, 0.3) is 0 Å². The van der Waals surface area contributed by atoms with E-state index in [4.69, 9.17) is 4.74 Å². The molecule has 3 aromatic rings. The maximum absolute atomic E-state index is 5.51. The fourth-order valence-electron chi connectivity index (χ4n) is 3.78. The highest BCUT2D eigenvalue weighted by Gasteiger charge is 2.29. The van der Waals surface area contributed by atoms with E-state index >= 15 is 0 Å². The Balaban J connectivity index is 0.00000140. The molecule has 3 aromatic carbocycles. The van der Waals surface area contributed by atoms with Gasteiger partial charge in [-0.3, -0.25) is 0 Å². The summed E-state index contributed by atoms with van der Waals surface area (Å²) in [5, 5.41) is 7.49. The number of halogens is 2. The summed E-state index contributed by atoms with van der Waals surface area (Å²) in [4.78, 5) is 0. The Hall–Kier alpha value is -2.04. The van der Waals surface area contributed by atoms with Crippen LogP contribution in [0.4, 0.5) is 0 Å². The zero-order chi connectivity index (χ0) is 17.8. The maximum atomic E-state index is 5.51.